The van der Waals surface area contributed by atoms with Crippen molar-refractivity contribution in [2.45, 2.75) is 25.6 Å². The lowest BCUT2D eigenvalue weighted by atomic mass is 10.1. The molecule has 0 aliphatic carbocycles. The van der Waals surface area contributed by atoms with Gasteiger partial charge in [-0.25, -0.2) is 0 Å². The Kier molecular flexibility index (Phi) is 4.25. The van der Waals surface area contributed by atoms with Gasteiger partial charge >= 0.3 is 0 Å². The van der Waals surface area contributed by atoms with Gasteiger partial charge < -0.3 is 10.2 Å². The van der Waals surface area contributed by atoms with E-state index in [0.29, 0.717) is 18.0 Å². The highest BCUT2D eigenvalue weighted by molar-refractivity contribution is 6.17. The summed E-state index contributed by atoms with van der Waals surface area (Å²) in [6.07, 6.45) is -1.57. The smallest absolute Gasteiger partial charge is 0.124 e. The molecule has 5 heteroatoms. The van der Waals surface area contributed by atoms with Crippen molar-refractivity contribution in [2.75, 3.05) is 5.88 Å². The van der Waals surface area contributed by atoms with Crippen molar-refractivity contribution in [1.29, 1.82) is 0 Å². The molecule has 0 aliphatic rings. The molecule has 0 amide bonds. The van der Waals surface area contributed by atoms with E-state index < -0.39 is 12.2 Å². The van der Waals surface area contributed by atoms with E-state index in [-0.39, 0.29) is 0 Å². The molecule has 14 heavy (non-hydrogen) atoms. The van der Waals surface area contributed by atoms with Gasteiger partial charge in [0.15, 0.2) is 0 Å². The summed E-state index contributed by atoms with van der Waals surface area (Å²) in [4.78, 5) is 0. The average Bonchev–Trinajstić information content (AvgIpc) is 2.18. The van der Waals surface area contributed by atoms with Crippen LogP contribution in [0.5, 0.6) is 0 Å². The minimum absolute atomic E-state index is 0.303. The van der Waals surface area contributed by atoms with Crippen LogP contribution in [0, 0.1) is 6.92 Å². The van der Waals surface area contributed by atoms with Crippen molar-refractivity contribution in [3.8, 4) is 0 Å². The first-order chi connectivity index (χ1) is 6.65. The van der Waals surface area contributed by atoms with Gasteiger partial charge in [-0.15, -0.1) is 11.6 Å². The Bertz CT molecular complexity index is 279. The number of aliphatic hydroxyl groups is 2. The van der Waals surface area contributed by atoms with Crippen LogP contribution in [0.3, 0.4) is 0 Å². The topological polar surface area (TPSA) is 66.2 Å². The van der Waals surface area contributed by atoms with Gasteiger partial charge in [-0.05, 0) is 25.5 Å². The van der Waals surface area contributed by atoms with Crippen LogP contribution in [0.2, 0.25) is 0 Å². The zero-order valence-electron chi connectivity index (χ0n) is 7.89. The molecule has 1 aromatic rings. The van der Waals surface area contributed by atoms with Gasteiger partial charge in [0.05, 0.1) is 17.5 Å². The number of aryl methyl sites for hydroxylation is 1. The Morgan fingerprint density at radius 2 is 2.07 bits per heavy atom. The van der Waals surface area contributed by atoms with Gasteiger partial charge in [-0.3, -0.25) is 0 Å². The van der Waals surface area contributed by atoms with Crippen LogP contribution in [0.15, 0.2) is 12.1 Å². The second-order valence-corrected chi connectivity index (χ2v) is 3.47. The fourth-order valence-electron chi connectivity index (χ4n) is 1.03. The molecule has 1 aromatic heterocycles. The van der Waals surface area contributed by atoms with E-state index in [1.165, 1.54) is 0 Å². The quantitative estimate of drug-likeness (QED) is 0.731. The van der Waals surface area contributed by atoms with Gasteiger partial charge in [-0.1, -0.05) is 0 Å². The highest BCUT2D eigenvalue weighted by Crippen LogP contribution is 2.16. The Balaban J connectivity index is 2.68. The van der Waals surface area contributed by atoms with E-state index in [0.717, 1.165) is 5.69 Å². The molecular weight excluding hydrogens is 204 g/mol. The number of aliphatic hydroxyl groups excluding tert-OH is 2. The number of hydrogen-bond donors (Lipinski definition) is 2. The molecule has 2 unspecified atom stereocenters. The summed E-state index contributed by atoms with van der Waals surface area (Å²) >= 11 is 5.45. The lowest BCUT2D eigenvalue weighted by molar-refractivity contribution is 0.0139. The molecule has 4 nitrogen and oxygen atoms in total. The summed E-state index contributed by atoms with van der Waals surface area (Å²) in [5.41, 5.74) is 1.14. The van der Waals surface area contributed by atoms with Gasteiger partial charge in [-0.2, -0.15) is 10.2 Å². The highest BCUT2D eigenvalue weighted by Gasteiger charge is 2.19. The third-order valence-corrected chi connectivity index (χ3v) is 2.11. The molecular formula is C9H13ClN2O2. The van der Waals surface area contributed by atoms with Crippen LogP contribution < -0.4 is 0 Å². The van der Waals surface area contributed by atoms with Gasteiger partial charge in [0.2, 0.25) is 0 Å². The maximum absolute atomic E-state index is 9.60. The fourth-order valence-corrected chi connectivity index (χ4v) is 1.26. The van der Waals surface area contributed by atoms with Crippen molar-refractivity contribution >= 4 is 11.6 Å². The summed E-state index contributed by atoms with van der Waals surface area (Å²) in [6.45, 7) is 1.80. The zero-order valence-corrected chi connectivity index (χ0v) is 8.65. The molecule has 0 fully saturated rings. The first-order valence-corrected chi connectivity index (χ1v) is 4.91. The Labute approximate surface area is 87.6 Å². The Hall–Kier alpha value is -0.710. The van der Waals surface area contributed by atoms with E-state index in [1.807, 2.05) is 0 Å². The SMILES string of the molecule is Cc1ccc(C(O)C(O)CCCl)nn1. The molecule has 2 N–H and O–H groups in total. The molecule has 1 heterocycles. The largest absolute Gasteiger partial charge is 0.390 e. The first-order valence-electron chi connectivity index (χ1n) is 4.37. The molecule has 0 aromatic carbocycles. The minimum Gasteiger partial charge on any atom is -0.390 e. The van der Waals surface area contributed by atoms with Crippen molar-refractivity contribution < 1.29 is 10.2 Å². The molecule has 0 bridgehead atoms. The van der Waals surface area contributed by atoms with Crippen LogP contribution in [-0.2, 0) is 0 Å². The van der Waals surface area contributed by atoms with Crippen LogP contribution in [0.1, 0.15) is 23.9 Å². The fraction of sp³-hybridized carbons (Fsp3) is 0.556. The predicted octanol–water partition coefficient (Wildman–Crippen LogP) is 0.808. The van der Waals surface area contributed by atoms with Crippen molar-refractivity contribution in [2.24, 2.45) is 0 Å². The lowest BCUT2D eigenvalue weighted by Crippen LogP contribution is -2.20. The summed E-state index contributed by atoms with van der Waals surface area (Å²) in [5, 5.41) is 26.6. The van der Waals surface area contributed by atoms with Crippen LogP contribution >= 0.6 is 11.6 Å². The van der Waals surface area contributed by atoms with Crippen LogP contribution in [0.25, 0.3) is 0 Å². The maximum Gasteiger partial charge on any atom is 0.124 e. The average molecular weight is 217 g/mol. The first kappa shape index (κ1) is 11.4. The van der Waals surface area contributed by atoms with Gasteiger partial charge in [0.25, 0.3) is 0 Å². The standard InChI is InChI=1S/C9H13ClN2O2/c1-6-2-3-7(12-11-6)9(14)8(13)4-5-10/h2-3,8-9,13-14H,4-5H2,1H3. The number of alkyl halides is 1. The maximum atomic E-state index is 9.60. The molecule has 0 radical (unpaired) electrons. The molecule has 0 saturated carbocycles. The molecule has 78 valence electrons. The summed E-state index contributed by atoms with van der Waals surface area (Å²) in [7, 11) is 0. The number of rotatable bonds is 4. The van der Waals surface area contributed by atoms with Crippen molar-refractivity contribution in [1.82, 2.24) is 10.2 Å². The zero-order chi connectivity index (χ0) is 10.6. The second kappa shape index (κ2) is 5.24. The third-order valence-electron chi connectivity index (χ3n) is 1.89. The van der Waals surface area contributed by atoms with Gasteiger partial charge in [0.1, 0.15) is 6.10 Å². The van der Waals surface area contributed by atoms with Gasteiger partial charge in [0, 0.05) is 5.88 Å². The predicted molar refractivity (Wildman–Crippen MR) is 53.1 cm³/mol. The normalized spacial score (nSPS) is 15.1. The molecule has 0 spiro atoms. The second-order valence-electron chi connectivity index (χ2n) is 3.09. The van der Waals surface area contributed by atoms with Crippen molar-refractivity contribution in [3.63, 3.8) is 0 Å². The monoisotopic (exact) mass is 216 g/mol. The summed E-state index contributed by atoms with van der Waals surface area (Å²) < 4.78 is 0. The summed E-state index contributed by atoms with van der Waals surface area (Å²) in [5.74, 6) is 0.303. The van der Waals surface area contributed by atoms with Crippen molar-refractivity contribution in [3.05, 3.63) is 23.5 Å². The number of hydrogen-bond acceptors (Lipinski definition) is 4. The number of halogens is 1. The van der Waals surface area contributed by atoms with E-state index in [1.54, 1.807) is 19.1 Å². The Morgan fingerprint density at radius 3 is 2.57 bits per heavy atom. The number of aromatic nitrogens is 2. The molecule has 0 saturated heterocycles. The summed E-state index contributed by atoms with van der Waals surface area (Å²) in [6, 6.07) is 3.38. The third kappa shape index (κ3) is 2.90. The van der Waals surface area contributed by atoms with Crippen LogP contribution in [0.4, 0.5) is 0 Å². The highest BCUT2D eigenvalue weighted by atomic mass is 35.5. The van der Waals surface area contributed by atoms with Crippen LogP contribution in [-0.4, -0.2) is 32.4 Å². The number of nitrogens with zero attached hydrogens (tertiary/aromatic N) is 2. The van der Waals surface area contributed by atoms with E-state index in [9.17, 15) is 10.2 Å². The molecule has 2 atom stereocenters. The Morgan fingerprint density at radius 1 is 1.36 bits per heavy atom. The van der Waals surface area contributed by atoms with E-state index in [4.69, 9.17) is 11.6 Å². The molecule has 0 aliphatic heterocycles. The minimum atomic E-state index is -1.01. The molecule has 1 rings (SSSR count). The lowest BCUT2D eigenvalue weighted by Gasteiger charge is -2.15. The van der Waals surface area contributed by atoms with E-state index in [2.05, 4.69) is 10.2 Å². The van der Waals surface area contributed by atoms with E-state index >= 15 is 0 Å².